The van der Waals surface area contributed by atoms with Gasteiger partial charge in [0.15, 0.2) is 0 Å². The second-order valence-electron chi connectivity index (χ2n) is 6.62. The molecule has 4 nitrogen and oxygen atoms in total. The Morgan fingerprint density at radius 3 is 2.70 bits per heavy atom. The molecule has 2 aromatic carbocycles. The lowest BCUT2D eigenvalue weighted by molar-refractivity contribution is 0.160. The molecular formula is C23H26N2O2. The van der Waals surface area contributed by atoms with Crippen molar-refractivity contribution in [2.45, 2.75) is 39.0 Å². The summed E-state index contributed by atoms with van der Waals surface area (Å²) in [5.74, 6) is 0. The van der Waals surface area contributed by atoms with Crippen LogP contribution in [0.15, 0.2) is 65.2 Å². The first-order chi connectivity index (χ1) is 13.3. The summed E-state index contributed by atoms with van der Waals surface area (Å²) < 4.78 is 5.20. The smallest absolute Gasteiger partial charge is 0.411 e. The van der Waals surface area contributed by atoms with Crippen LogP contribution in [0.1, 0.15) is 44.6 Å². The van der Waals surface area contributed by atoms with Gasteiger partial charge in [-0.15, -0.1) is 0 Å². The van der Waals surface area contributed by atoms with Gasteiger partial charge in [0.2, 0.25) is 0 Å². The van der Waals surface area contributed by atoms with E-state index < -0.39 is 6.09 Å². The second kappa shape index (κ2) is 9.72. The van der Waals surface area contributed by atoms with E-state index in [0.717, 1.165) is 43.5 Å². The van der Waals surface area contributed by atoms with Crippen molar-refractivity contribution in [1.29, 1.82) is 0 Å². The number of allylic oxidation sites excluding steroid dienone is 1. The number of anilines is 1. The number of carbonyl (C=O) groups is 1. The summed E-state index contributed by atoms with van der Waals surface area (Å²) in [6, 6.07) is 17.9. The number of ether oxygens (including phenoxy) is 1. The topological polar surface area (TPSA) is 50.7 Å². The lowest BCUT2D eigenvalue weighted by atomic mass is 10.1. The summed E-state index contributed by atoms with van der Waals surface area (Å²) >= 11 is 0. The van der Waals surface area contributed by atoms with Crippen LogP contribution in [0.5, 0.6) is 0 Å². The molecule has 0 aliphatic heterocycles. The lowest BCUT2D eigenvalue weighted by Gasteiger charge is -2.10. The van der Waals surface area contributed by atoms with Gasteiger partial charge >= 0.3 is 6.09 Å². The van der Waals surface area contributed by atoms with E-state index in [9.17, 15) is 4.79 Å². The van der Waals surface area contributed by atoms with Gasteiger partial charge < -0.3 is 4.74 Å². The molecular weight excluding hydrogens is 336 g/mol. The summed E-state index contributed by atoms with van der Waals surface area (Å²) in [6.45, 7) is 2.50. The zero-order valence-electron chi connectivity index (χ0n) is 15.8. The van der Waals surface area contributed by atoms with Crippen molar-refractivity contribution in [2.24, 2.45) is 4.99 Å². The fourth-order valence-corrected chi connectivity index (χ4v) is 3.06. The van der Waals surface area contributed by atoms with Crippen LogP contribution >= 0.6 is 0 Å². The molecule has 0 heterocycles. The molecule has 1 fully saturated rings. The average Bonchev–Trinajstić information content (AvgIpc) is 3.11. The van der Waals surface area contributed by atoms with Gasteiger partial charge in [-0.3, -0.25) is 10.3 Å². The van der Waals surface area contributed by atoms with Crippen LogP contribution < -0.4 is 5.32 Å². The number of nitrogens with one attached hydrogen (secondary N) is 1. The zero-order valence-corrected chi connectivity index (χ0v) is 15.8. The van der Waals surface area contributed by atoms with Crippen LogP contribution in [0.3, 0.4) is 0 Å². The monoisotopic (exact) mass is 362 g/mol. The zero-order chi connectivity index (χ0) is 18.9. The first kappa shape index (κ1) is 18.9. The van der Waals surface area contributed by atoms with Crippen LogP contribution in [-0.2, 0) is 4.74 Å². The number of nitrogens with zero attached hydrogens (tertiary/aromatic N) is 1. The molecule has 0 unspecified atom stereocenters. The number of hydrogen-bond donors (Lipinski definition) is 1. The molecule has 0 aromatic heterocycles. The third-order valence-corrected chi connectivity index (χ3v) is 4.50. The van der Waals surface area contributed by atoms with Crippen LogP contribution in [-0.4, -0.2) is 18.4 Å². The molecule has 0 saturated heterocycles. The molecule has 0 spiro atoms. The van der Waals surface area contributed by atoms with Crippen molar-refractivity contribution in [1.82, 2.24) is 0 Å². The third-order valence-electron chi connectivity index (χ3n) is 4.50. The van der Waals surface area contributed by atoms with Gasteiger partial charge in [0.05, 0.1) is 18.0 Å². The van der Waals surface area contributed by atoms with Crippen LogP contribution in [0, 0.1) is 0 Å². The fraction of sp³-hybridized carbons (Fsp3) is 0.304. The van der Waals surface area contributed by atoms with Gasteiger partial charge in [-0.2, -0.15) is 0 Å². The molecule has 3 rings (SSSR count). The Bertz CT molecular complexity index is 825. The Labute approximate surface area is 161 Å². The second-order valence-corrected chi connectivity index (χ2v) is 6.62. The summed E-state index contributed by atoms with van der Waals surface area (Å²) in [5, 5.41) is 2.82. The Morgan fingerprint density at radius 1 is 1.11 bits per heavy atom. The number of amides is 1. The van der Waals surface area contributed by atoms with E-state index >= 15 is 0 Å². The highest BCUT2D eigenvalue weighted by Crippen LogP contribution is 2.30. The number of benzene rings is 2. The summed E-state index contributed by atoms with van der Waals surface area (Å²) in [4.78, 5) is 16.9. The lowest BCUT2D eigenvalue weighted by Crippen LogP contribution is -2.14. The van der Waals surface area contributed by atoms with Gasteiger partial charge in [-0.25, -0.2) is 4.79 Å². The maximum Gasteiger partial charge on any atom is 0.411 e. The number of carbonyl (C=O) groups excluding carboxylic acids is 1. The SMILES string of the molecule is CCCCOC(=O)Nc1ccccc1N=C1CCC/C1=C\c1ccccc1. The summed E-state index contributed by atoms with van der Waals surface area (Å²) in [5.41, 5.74) is 4.99. The molecule has 1 saturated carbocycles. The van der Waals surface area contributed by atoms with E-state index in [1.807, 2.05) is 42.5 Å². The number of rotatable bonds is 6. The number of hydrogen-bond acceptors (Lipinski definition) is 3. The summed E-state index contributed by atoms with van der Waals surface area (Å²) in [7, 11) is 0. The number of aliphatic imine (C=N–C) groups is 1. The predicted molar refractivity (Wildman–Crippen MR) is 112 cm³/mol. The number of para-hydroxylation sites is 2. The van der Waals surface area contributed by atoms with Gasteiger partial charge in [-0.05, 0) is 55.0 Å². The van der Waals surface area contributed by atoms with Crippen molar-refractivity contribution >= 4 is 29.3 Å². The first-order valence-electron chi connectivity index (χ1n) is 9.62. The van der Waals surface area contributed by atoms with Crippen molar-refractivity contribution < 1.29 is 9.53 Å². The van der Waals surface area contributed by atoms with Gasteiger partial charge in [-0.1, -0.05) is 55.8 Å². The molecule has 4 heteroatoms. The summed E-state index contributed by atoms with van der Waals surface area (Å²) in [6.07, 6.45) is 6.73. The van der Waals surface area contributed by atoms with Crippen molar-refractivity contribution in [3.05, 3.63) is 65.7 Å². The van der Waals surface area contributed by atoms with Crippen LogP contribution in [0.25, 0.3) is 6.08 Å². The standard InChI is InChI=1S/C23H26N2O2/c1-2-3-16-27-23(26)25-22-14-8-7-13-21(22)24-20-15-9-12-19(20)17-18-10-5-4-6-11-18/h4-8,10-11,13-14,17H,2-3,9,12,15-16H2,1H3,(H,25,26)/b19-17+,24-20?. The molecule has 0 atom stereocenters. The van der Waals surface area contributed by atoms with Crippen LogP contribution in [0.4, 0.5) is 16.2 Å². The van der Waals surface area contributed by atoms with Gasteiger partial charge in [0.25, 0.3) is 0 Å². The molecule has 1 aliphatic rings. The molecule has 0 bridgehead atoms. The van der Waals surface area contributed by atoms with E-state index in [1.165, 1.54) is 11.1 Å². The minimum Gasteiger partial charge on any atom is -0.449 e. The highest BCUT2D eigenvalue weighted by atomic mass is 16.5. The van der Waals surface area contributed by atoms with E-state index in [2.05, 4.69) is 30.4 Å². The highest BCUT2D eigenvalue weighted by Gasteiger charge is 2.16. The van der Waals surface area contributed by atoms with Crippen molar-refractivity contribution in [3.8, 4) is 0 Å². The molecule has 1 aliphatic carbocycles. The molecule has 1 amide bonds. The van der Waals surface area contributed by atoms with Crippen molar-refractivity contribution in [2.75, 3.05) is 11.9 Å². The quantitative estimate of drug-likeness (QED) is 0.607. The molecule has 27 heavy (non-hydrogen) atoms. The Kier molecular flexibility index (Phi) is 6.80. The van der Waals surface area contributed by atoms with Gasteiger partial charge in [0, 0.05) is 5.71 Å². The Balaban J connectivity index is 1.78. The third kappa shape index (κ3) is 5.55. The molecule has 0 radical (unpaired) electrons. The average molecular weight is 362 g/mol. The molecule has 2 aromatic rings. The Hall–Kier alpha value is -2.88. The van der Waals surface area contributed by atoms with E-state index in [-0.39, 0.29) is 0 Å². The molecule has 140 valence electrons. The normalized spacial score (nSPS) is 16.6. The van der Waals surface area contributed by atoms with Crippen LogP contribution in [0.2, 0.25) is 0 Å². The van der Waals surface area contributed by atoms with E-state index in [1.54, 1.807) is 0 Å². The Morgan fingerprint density at radius 2 is 1.89 bits per heavy atom. The maximum atomic E-state index is 12.0. The van der Waals surface area contributed by atoms with Gasteiger partial charge in [0.1, 0.15) is 0 Å². The fourth-order valence-electron chi connectivity index (χ4n) is 3.06. The van der Waals surface area contributed by atoms with Crippen molar-refractivity contribution in [3.63, 3.8) is 0 Å². The highest BCUT2D eigenvalue weighted by molar-refractivity contribution is 6.07. The molecule has 1 N–H and O–H groups in total. The minimum absolute atomic E-state index is 0.428. The minimum atomic E-state index is -0.428. The van der Waals surface area contributed by atoms with E-state index in [0.29, 0.717) is 12.3 Å². The first-order valence-corrected chi connectivity index (χ1v) is 9.62. The maximum absolute atomic E-state index is 12.0. The largest absolute Gasteiger partial charge is 0.449 e. The number of unbranched alkanes of at least 4 members (excludes halogenated alkanes) is 1. The van der Waals surface area contributed by atoms with E-state index in [4.69, 9.17) is 9.73 Å². The predicted octanol–water partition coefficient (Wildman–Crippen LogP) is 6.38.